The Labute approximate surface area is 157 Å². The molecule has 0 saturated heterocycles. The number of nitrogens with zero attached hydrogens (tertiary/aromatic N) is 2. The van der Waals surface area contributed by atoms with E-state index < -0.39 is 0 Å². The van der Waals surface area contributed by atoms with Crippen molar-refractivity contribution in [2.75, 3.05) is 5.32 Å². The van der Waals surface area contributed by atoms with Gasteiger partial charge < -0.3 is 10.6 Å². The fourth-order valence-electron chi connectivity index (χ4n) is 2.65. The molecular weight excluding hydrogens is 343 g/mol. The highest BCUT2D eigenvalue weighted by atomic mass is 19.1. The fourth-order valence-corrected chi connectivity index (χ4v) is 2.65. The smallest absolute Gasteiger partial charge is 0.270 e. The highest BCUT2D eigenvalue weighted by Crippen LogP contribution is 2.11. The highest BCUT2D eigenvalue weighted by Gasteiger charge is 2.11. The first-order valence-electron chi connectivity index (χ1n) is 8.68. The molecule has 0 aliphatic carbocycles. The molecule has 0 aliphatic rings. The molecule has 0 unspecified atom stereocenters. The van der Waals surface area contributed by atoms with E-state index >= 15 is 0 Å². The predicted molar refractivity (Wildman–Crippen MR) is 103 cm³/mol. The van der Waals surface area contributed by atoms with Gasteiger partial charge in [0.2, 0.25) is 5.95 Å². The molecule has 0 aliphatic heterocycles. The Balaban J connectivity index is 1.68. The third kappa shape index (κ3) is 4.88. The van der Waals surface area contributed by atoms with Crippen molar-refractivity contribution in [1.82, 2.24) is 15.3 Å². The van der Waals surface area contributed by atoms with Crippen molar-refractivity contribution in [3.63, 3.8) is 0 Å². The molecule has 1 heterocycles. The van der Waals surface area contributed by atoms with Gasteiger partial charge in [-0.2, -0.15) is 0 Å². The second-order valence-corrected chi connectivity index (χ2v) is 6.27. The number of hydrogen-bond donors (Lipinski definition) is 2. The molecule has 3 aromatic rings. The van der Waals surface area contributed by atoms with E-state index in [1.807, 2.05) is 31.2 Å². The van der Waals surface area contributed by atoms with E-state index in [1.54, 1.807) is 31.2 Å². The first kappa shape index (κ1) is 18.5. The fraction of sp³-hybridized carbons (Fsp3) is 0.190. The Bertz CT molecular complexity index is 958. The van der Waals surface area contributed by atoms with Gasteiger partial charge in [-0.05, 0) is 37.1 Å². The number of benzene rings is 2. The Morgan fingerprint density at radius 2 is 1.67 bits per heavy atom. The molecule has 2 aromatic carbocycles. The molecule has 0 saturated carbocycles. The molecule has 0 atom stereocenters. The predicted octanol–water partition coefficient (Wildman–Crippen LogP) is 3.77. The number of nitrogens with one attached hydrogen (secondary N) is 2. The van der Waals surface area contributed by atoms with Gasteiger partial charge in [-0.25, -0.2) is 14.4 Å². The summed E-state index contributed by atoms with van der Waals surface area (Å²) in [6.07, 6.45) is 0. The lowest BCUT2D eigenvalue weighted by atomic mass is 10.1. The largest absolute Gasteiger partial charge is 0.350 e. The average molecular weight is 364 g/mol. The topological polar surface area (TPSA) is 66.9 Å². The number of carbonyl (C=O) groups is 1. The molecule has 0 spiro atoms. The molecule has 6 heteroatoms. The van der Waals surface area contributed by atoms with Gasteiger partial charge in [-0.3, -0.25) is 4.79 Å². The Morgan fingerprint density at radius 3 is 2.41 bits per heavy atom. The average Bonchev–Trinajstić information content (AvgIpc) is 2.66. The molecule has 5 nitrogen and oxygen atoms in total. The second kappa shape index (κ2) is 8.40. The first-order valence-corrected chi connectivity index (χ1v) is 8.68. The van der Waals surface area contributed by atoms with Crippen LogP contribution in [0.4, 0.5) is 10.3 Å². The van der Waals surface area contributed by atoms with Gasteiger partial charge in [0.1, 0.15) is 11.5 Å². The molecule has 1 amide bonds. The normalized spacial score (nSPS) is 10.5. The van der Waals surface area contributed by atoms with Crippen molar-refractivity contribution in [1.29, 1.82) is 0 Å². The van der Waals surface area contributed by atoms with E-state index in [0.29, 0.717) is 23.8 Å². The van der Waals surface area contributed by atoms with E-state index in [1.165, 1.54) is 6.07 Å². The van der Waals surface area contributed by atoms with Crippen molar-refractivity contribution in [2.24, 2.45) is 0 Å². The van der Waals surface area contributed by atoms with Crippen molar-refractivity contribution in [3.8, 4) is 0 Å². The summed E-state index contributed by atoms with van der Waals surface area (Å²) in [7, 11) is 0. The minimum Gasteiger partial charge on any atom is -0.350 e. The highest BCUT2D eigenvalue weighted by molar-refractivity contribution is 5.92. The van der Waals surface area contributed by atoms with Crippen LogP contribution in [0.25, 0.3) is 0 Å². The number of halogens is 1. The van der Waals surface area contributed by atoms with E-state index in [2.05, 4.69) is 20.6 Å². The van der Waals surface area contributed by atoms with E-state index in [4.69, 9.17) is 0 Å². The Hall–Kier alpha value is -3.28. The van der Waals surface area contributed by atoms with Crippen LogP contribution in [-0.2, 0) is 13.1 Å². The maximum absolute atomic E-state index is 13.7. The van der Waals surface area contributed by atoms with Gasteiger partial charge in [0.25, 0.3) is 5.91 Å². The number of hydrogen-bond acceptors (Lipinski definition) is 4. The lowest BCUT2D eigenvalue weighted by molar-refractivity contribution is 0.0945. The summed E-state index contributed by atoms with van der Waals surface area (Å²) in [5.41, 5.74) is 3.60. The van der Waals surface area contributed by atoms with Crippen molar-refractivity contribution >= 4 is 11.9 Å². The van der Waals surface area contributed by atoms with Gasteiger partial charge in [0, 0.05) is 24.3 Å². The summed E-state index contributed by atoms with van der Waals surface area (Å²) < 4.78 is 13.7. The number of rotatable bonds is 6. The number of carbonyl (C=O) groups excluding carboxylic acids is 1. The van der Waals surface area contributed by atoms with Gasteiger partial charge in [-0.15, -0.1) is 0 Å². The van der Waals surface area contributed by atoms with Gasteiger partial charge in [-0.1, -0.05) is 42.5 Å². The van der Waals surface area contributed by atoms with Crippen LogP contribution in [0.5, 0.6) is 0 Å². The molecule has 0 radical (unpaired) electrons. The molecule has 2 N–H and O–H groups in total. The van der Waals surface area contributed by atoms with Crippen LogP contribution in [0.1, 0.15) is 32.9 Å². The standard InChI is InChI=1S/C21H21FN4O/c1-14-7-3-4-8-16(14)12-23-20(27)19-11-15(2)25-21(26-19)24-13-17-9-5-6-10-18(17)22/h3-11H,12-13H2,1-2H3,(H,23,27)(H,24,25,26). The number of anilines is 1. The SMILES string of the molecule is Cc1cc(C(=O)NCc2ccccc2C)nc(NCc2ccccc2F)n1. The third-order valence-electron chi connectivity index (χ3n) is 4.18. The summed E-state index contributed by atoms with van der Waals surface area (Å²) in [6, 6.07) is 16.0. The monoisotopic (exact) mass is 364 g/mol. The summed E-state index contributed by atoms with van der Waals surface area (Å²) in [4.78, 5) is 21.0. The van der Waals surface area contributed by atoms with Crippen molar-refractivity contribution in [3.05, 3.63) is 88.5 Å². The number of amides is 1. The maximum atomic E-state index is 13.7. The molecular formula is C21H21FN4O. The van der Waals surface area contributed by atoms with Crippen LogP contribution in [0, 0.1) is 19.7 Å². The maximum Gasteiger partial charge on any atom is 0.270 e. The van der Waals surface area contributed by atoms with E-state index in [9.17, 15) is 9.18 Å². The quantitative estimate of drug-likeness (QED) is 0.699. The van der Waals surface area contributed by atoms with Crippen molar-refractivity contribution in [2.45, 2.75) is 26.9 Å². The van der Waals surface area contributed by atoms with Crippen LogP contribution in [0.3, 0.4) is 0 Å². The zero-order chi connectivity index (χ0) is 19.2. The van der Waals surface area contributed by atoms with Crippen LogP contribution < -0.4 is 10.6 Å². The van der Waals surface area contributed by atoms with Crippen molar-refractivity contribution < 1.29 is 9.18 Å². The summed E-state index contributed by atoms with van der Waals surface area (Å²) in [5.74, 6) is -0.286. The molecule has 138 valence electrons. The van der Waals surface area contributed by atoms with Gasteiger partial charge in [0.15, 0.2) is 0 Å². The van der Waals surface area contributed by atoms with Gasteiger partial charge >= 0.3 is 0 Å². The molecule has 0 bridgehead atoms. The van der Waals surface area contributed by atoms with Crippen LogP contribution >= 0.6 is 0 Å². The Morgan fingerprint density at radius 1 is 0.963 bits per heavy atom. The lowest BCUT2D eigenvalue weighted by Gasteiger charge is -2.10. The Kier molecular flexibility index (Phi) is 5.76. The van der Waals surface area contributed by atoms with Crippen LogP contribution in [0.15, 0.2) is 54.6 Å². The minimum atomic E-state index is -0.297. The summed E-state index contributed by atoms with van der Waals surface area (Å²) in [5, 5.41) is 5.85. The molecule has 3 rings (SSSR count). The first-order chi connectivity index (χ1) is 13.0. The van der Waals surface area contributed by atoms with Crippen LogP contribution in [0.2, 0.25) is 0 Å². The zero-order valence-corrected chi connectivity index (χ0v) is 15.3. The number of aryl methyl sites for hydroxylation is 2. The van der Waals surface area contributed by atoms with Gasteiger partial charge in [0.05, 0.1) is 0 Å². The summed E-state index contributed by atoms with van der Waals surface area (Å²) >= 11 is 0. The van der Waals surface area contributed by atoms with Crippen LogP contribution in [-0.4, -0.2) is 15.9 Å². The number of aromatic nitrogens is 2. The van der Waals surface area contributed by atoms with E-state index in [0.717, 1.165) is 11.1 Å². The molecule has 0 fully saturated rings. The van der Waals surface area contributed by atoms with E-state index in [-0.39, 0.29) is 24.0 Å². The second-order valence-electron chi connectivity index (χ2n) is 6.27. The molecule has 1 aromatic heterocycles. The zero-order valence-electron chi connectivity index (χ0n) is 15.3. The third-order valence-corrected chi connectivity index (χ3v) is 4.18. The lowest BCUT2D eigenvalue weighted by Crippen LogP contribution is -2.25. The summed E-state index contributed by atoms with van der Waals surface area (Å²) in [6.45, 7) is 4.45. The molecule has 27 heavy (non-hydrogen) atoms. The minimum absolute atomic E-state index is 0.237.